The number of anilines is 1. The third kappa shape index (κ3) is 8.24. The second-order valence-corrected chi connectivity index (χ2v) is 8.71. The summed E-state index contributed by atoms with van der Waals surface area (Å²) in [6.07, 6.45) is 0.874. The number of methoxy groups -OCH3 is 2. The molecule has 3 amide bonds. The Kier molecular flexibility index (Phi) is 10.5. The van der Waals surface area contributed by atoms with Crippen molar-refractivity contribution in [1.82, 2.24) is 20.1 Å². The molecule has 0 aliphatic carbocycles. The van der Waals surface area contributed by atoms with Gasteiger partial charge in [0.15, 0.2) is 0 Å². The van der Waals surface area contributed by atoms with E-state index in [1.54, 1.807) is 48.8 Å². The molecule has 2 heterocycles. The van der Waals surface area contributed by atoms with E-state index in [0.29, 0.717) is 41.8 Å². The van der Waals surface area contributed by atoms with Crippen molar-refractivity contribution in [3.8, 4) is 5.75 Å². The Morgan fingerprint density at radius 3 is 2.68 bits per heavy atom. The fraction of sp³-hybridized carbons (Fsp3) is 0.522. The lowest BCUT2D eigenvalue weighted by Gasteiger charge is -2.26. The molecule has 2 aromatic rings. The largest absolute Gasteiger partial charge is 0.497 e. The monoisotopic (exact) mass is 491 g/mol. The highest BCUT2D eigenvalue weighted by Gasteiger charge is 2.18. The summed E-state index contributed by atoms with van der Waals surface area (Å²) < 4.78 is 15.6. The van der Waals surface area contributed by atoms with Crippen LogP contribution in [0.2, 0.25) is 0 Å². The predicted octanol–water partition coefficient (Wildman–Crippen LogP) is 2.28. The minimum absolute atomic E-state index is 0.199. The summed E-state index contributed by atoms with van der Waals surface area (Å²) in [6.45, 7) is 6.00. The standard InChI is InChI=1S/C23H33N5O5S/c1-31-13-12-28(23(30)25-18-4-6-19(32-2)7-5-18)16-21-26-20(17-34-21)22(29)24-8-3-9-27-10-14-33-15-11-27/h4-7,17H,3,8-16H2,1-2H3,(H,24,29)(H,25,30). The second-order valence-electron chi connectivity index (χ2n) is 7.76. The van der Waals surface area contributed by atoms with Crippen LogP contribution in [-0.2, 0) is 16.0 Å². The van der Waals surface area contributed by atoms with Gasteiger partial charge in [-0.3, -0.25) is 9.69 Å². The van der Waals surface area contributed by atoms with E-state index < -0.39 is 0 Å². The van der Waals surface area contributed by atoms with Crippen molar-refractivity contribution in [1.29, 1.82) is 0 Å². The van der Waals surface area contributed by atoms with Crippen molar-refractivity contribution in [3.05, 3.63) is 40.3 Å². The van der Waals surface area contributed by atoms with E-state index in [9.17, 15) is 9.59 Å². The summed E-state index contributed by atoms with van der Waals surface area (Å²) in [5.41, 5.74) is 1.03. The number of hydrogen-bond donors (Lipinski definition) is 2. The fourth-order valence-corrected chi connectivity index (χ4v) is 4.19. The van der Waals surface area contributed by atoms with E-state index >= 15 is 0 Å². The molecule has 2 N–H and O–H groups in total. The van der Waals surface area contributed by atoms with E-state index in [2.05, 4.69) is 20.5 Å². The fourth-order valence-electron chi connectivity index (χ4n) is 3.40. The zero-order valence-electron chi connectivity index (χ0n) is 19.7. The second kappa shape index (κ2) is 13.9. The molecular formula is C23H33N5O5S. The van der Waals surface area contributed by atoms with Crippen LogP contribution in [0, 0.1) is 0 Å². The first-order valence-electron chi connectivity index (χ1n) is 11.3. The van der Waals surface area contributed by atoms with Gasteiger partial charge in [0.25, 0.3) is 5.91 Å². The molecule has 1 aliphatic heterocycles. The highest BCUT2D eigenvalue weighted by atomic mass is 32.1. The van der Waals surface area contributed by atoms with Crippen LogP contribution in [0.15, 0.2) is 29.6 Å². The van der Waals surface area contributed by atoms with Gasteiger partial charge in [0, 0.05) is 44.4 Å². The molecule has 1 aromatic carbocycles. The number of thiazole rings is 1. The van der Waals surface area contributed by atoms with Crippen molar-refractivity contribution in [2.45, 2.75) is 13.0 Å². The predicted molar refractivity (Wildman–Crippen MR) is 131 cm³/mol. The zero-order valence-corrected chi connectivity index (χ0v) is 20.6. The van der Waals surface area contributed by atoms with E-state index in [4.69, 9.17) is 14.2 Å². The number of benzene rings is 1. The molecule has 10 nitrogen and oxygen atoms in total. The molecule has 0 saturated carbocycles. The van der Waals surface area contributed by atoms with Gasteiger partial charge >= 0.3 is 6.03 Å². The number of carbonyl (C=O) groups excluding carboxylic acids is 2. The molecule has 1 aromatic heterocycles. The molecule has 0 spiro atoms. The topological polar surface area (TPSA) is 105 Å². The molecule has 0 atom stereocenters. The Balaban J connectivity index is 1.49. The number of hydrogen-bond acceptors (Lipinski definition) is 8. The van der Waals surface area contributed by atoms with Crippen molar-refractivity contribution < 1.29 is 23.8 Å². The minimum atomic E-state index is -0.272. The third-order valence-electron chi connectivity index (χ3n) is 5.34. The molecule has 1 saturated heterocycles. The van der Waals surface area contributed by atoms with Gasteiger partial charge in [0.2, 0.25) is 0 Å². The van der Waals surface area contributed by atoms with Gasteiger partial charge in [-0.2, -0.15) is 0 Å². The summed E-state index contributed by atoms with van der Waals surface area (Å²) in [5, 5.41) is 8.21. The van der Waals surface area contributed by atoms with Crippen LogP contribution >= 0.6 is 11.3 Å². The van der Waals surface area contributed by atoms with Gasteiger partial charge in [-0.15, -0.1) is 11.3 Å². The van der Waals surface area contributed by atoms with Crippen LogP contribution < -0.4 is 15.4 Å². The Labute approximate surface area is 204 Å². The quantitative estimate of drug-likeness (QED) is 0.439. The molecule has 1 fully saturated rings. The van der Waals surface area contributed by atoms with Gasteiger partial charge in [-0.05, 0) is 37.2 Å². The first-order valence-corrected chi connectivity index (χ1v) is 12.2. The summed E-state index contributed by atoms with van der Waals surface area (Å²) in [7, 11) is 3.18. The van der Waals surface area contributed by atoms with E-state index in [1.165, 1.54) is 11.3 Å². The lowest BCUT2D eigenvalue weighted by molar-refractivity contribution is 0.0374. The van der Waals surface area contributed by atoms with E-state index in [1.807, 2.05) is 0 Å². The molecule has 11 heteroatoms. The highest BCUT2D eigenvalue weighted by molar-refractivity contribution is 7.09. The average Bonchev–Trinajstić information content (AvgIpc) is 3.34. The van der Waals surface area contributed by atoms with Crippen molar-refractivity contribution in [2.24, 2.45) is 0 Å². The van der Waals surface area contributed by atoms with Gasteiger partial charge in [0.1, 0.15) is 16.5 Å². The van der Waals surface area contributed by atoms with E-state index in [0.717, 1.165) is 39.3 Å². The zero-order chi connectivity index (χ0) is 24.2. The lowest BCUT2D eigenvalue weighted by atomic mass is 10.3. The number of ether oxygens (including phenoxy) is 3. The Hall–Kier alpha value is -2.73. The smallest absolute Gasteiger partial charge is 0.322 e. The van der Waals surface area contributed by atoms with E-state index in [-0.39, 0.29) is 18.5 Å². The number of amides is 3. The Morgan fingerprint density at radius 1 is 1.21 bits per heavy atom. The Morgan fingerprint density at radius 2 is 1.97 bits per heavy atom. The number of aromatic nitrogens is 1. The normalized spacial score (nSPS) is 13.9. The van der Waals surface area contributed by atoms with Crippen LogP contribution in [0.4, 0.5) is 10.5 Å². The lowest BCUT2D eigenvalue weighted by Crippen LogP contribution is -2.38. The number of urea groups is 1. The highest BCUT2D eigenvalue weighted by Crippen LogP contribution is 2.17. The van der Waals surface area contributed by atoms with Gasteiger partial charge in [0.05, 0.1) is 33.5 Å². The Bertz CT molecular complexity index is 901. The molecule has 34 heavy (non-hydrogen) atoms. The number of morpholine rings is 1. The van der Waals surface area contributed by atoms with Crippen LogP contribution in [0.25, 0.3) is 0 Å². The first-order chi connectivity index (χ1) is 16.6. The van der Waals surface area contributed by atoms with Gasteiger partial charge in [-0.1, -0.05) is 0 Å². The third-order valence-corrected chi connectivity index (χ3v) is 6.18. The van der Waals surface area contributed by atoms with Crippen LogP contribution in [0.1, 0.15) is 21.9 Å². The van der Waals surface area contributed by atoms with Crippen LogP contribution in [0.3, 0.4) is 0 Å². The van der Waals surface area contributed by atoms with Crippen molar-refractivity contribution in [2.75, 3.05) is 72.1 Å². The number of nitrogens with zero attached hydrogens (tertiary/aromatic N) is 3. The summed E-state index contributed by atoms with van der Waals surface area (Å²) in [6, 6.07) is 6.84. The van der Waals surface area contributed by atoms with Gasteiger partial charge in [-0.25, -0.2) is 9.78 Å². The molecule has 1 aliphatic rings. The molecule has 0 bridgehead atoms. The number of carbonyl (C=O) groups is 2. The van der Waals surface area contributed by atoms with Crippen LogP contribution in [-0.4, -0.2) is 93.5 Å². The SMILES string of the molecule is COCCN(Cc1nc(C(=O)NCCCN2CCOCC2)cs1)C(=O)Nc1ccc(OC)cc1. The molecule has 0 unspecified atom stereocenters. The summed E-state index contributed by atoms with van der Waals surface area (Å²) in [5.74, 6) is 0.513. The van der Waals surface area contributed by atoms with Crippen LogP contribution in [0.5, 0.6) is 5.75 Å². The maximum Gasteiger partial charge on any atom is 0.322 e. The van der Waals surface area contributed by atoms with Gasteiger partial charge < -0.3 is 29.7 Å². The maximum atomic E-state index is 12.8. The summed E-state index contributed by atoms with van der Waals surface area (Å²) >= 11 is 1.36. The van der Waals surface area contributed by atoms with Crippen molar-refractivity contribution in [3.63, 3.8) is 0 Å². The number of rotatable bonds is 12. The molecule has 3 rings (SSSR count). The average molecular weight is 492 g/mol. The maximum absolute atomic E-state index is 12.8. The molecule has 186 valence electrons. The number of nitrogens with one attached hydrogen (secondary N) is 2. The summed E-state index contributed by atoms with van der Waals surface area (Å²) in [4.78, 5) is 33.7. The molecule has 0 radical (unpaired) electrons. The van der Waals surface area contributed by atoms with Crippen molar-refractivity contribution >= 4 is 29.0 Å². The molecular weight excluding hydrogens is 458 g/mol. The first kappa shape index (κ1) is 25.9. The minimum Gasteiger partial charge on any atom is -0.497 e.